The molecular formula is C10H20N2O2. The fourth-order valence-electron chi connectivity index (χ4n) is 1.44. The molecule has 1 rings (SSSR count). The molecule has 2 unspecified atom stereocenters. The second-order valence-corrected chi connectivity index (χ2v) is 4.10. The lowest BCUT2D eigenvalue weighted by Gasteiger charge is -2.39. The van der Waals surface area contributed by atoms with Gasteiger partial charge in [0.15, 0.2) is 0 Å². The molecule has 82 valence electrons. The second kappa shape index (κ2) is 4.75. The van der Waals surface area contributed by atoms with E-state index in [2.05, 4.69) is 5.32 Å². The minimum atomic E-state index is -0.242. The van der Waals surface area contributed by atoms with Gasteiger partial charge >= 0.3 is 0 Å². The van der Waals surface area contributed by atoms with E-state index < -0.39 is 0 Å². The molecule has 0 radical (unpaired) electrons. The van der Waals surface area contributed by atoms with Gasteiger partial charge in [0, 0.05) is 19.1 Å². The molecule has 0 saturated carbocycles. The molecule has 1 amide bonds. The molecule has 14 heavy (non-hydrogen) atoms. The summed E-state index contributed by atoms with van der Waals surface area (Å²) in [5.41, 5.74) is 0. The summed E-state index contributed by atoms with van der Waals surface area (Å²) in [6, 6.07) is 0.114. The minimum absolute atomic E-state index is 0.0613. The highest BCUT2D eigenvalue weighted by molar-refractivity contribution is 5.81. The van der Waals surface area contributed by atoms with Crippen LogP contribution in [-0.2, 0) is 4.79 Å². The number of aliphatic hydroxyl groups excluding tert-OH is 1. The molecule has 0 aromatic carbocycles. The maximum absolute atomic E-state index is 11.6. The standard InChI is InChI=1S/C10H20N2O2/c1-4-7(2)11-10(14)8(3)12-5-9(13)6-12/h7-9,13H,4-6H2,1-3H3,(H,11,14). The maximum Gasteiger partial charge on any atom is 0.237 e. The molecule has 1 aliphatic rings. The second-order valence-electron chi connectivity index (χ2n) is 4.10. The Bertz CT molecular complexity index is 202. The van der Waals surface area contributed by atoms with E-state index in [1.165, 1.54) is 0 Å². The monoisotopic (exact) mass is 200 g/mol. The van der Waals surface area contributed by atoms with Gasteiger partial charge in [0.1, 0.15) is 0 Å². The molecule has 1 aliphatic heterocycles. The van der Waals surface area contributed by atoms with Crippen molar-refractivity contribution >= 4 is 5.91 Å². The third kappa shape index (κ3) is 2.69. The molecule has 0 aromatic rings. The number of aliphatic hydroxyl groups is 1. The molecule has 0 aliphatic carbocycles. The van der Waals surface area contributed by atoms with E-state index >= 15 is 0 Å². The molecule has 1 heterocycles. The number of likely N-dealkylation sites (tertiary alicyclic amines) is 1. The Balaban J connectivity index is 2.30. The highest BCUT2D eigenvalue weighted by atomic mass is 16.3. The van der Waals surface area contributed by atoms with Gasteiger partial charge in [-0.3, -0.25) is 9.69 Å². The third-order valence-electron chi connectivity index (χ3n) is 2.82. The quantitative estimate of drug-likeness (QED) is 0.670. The van der Waals surface area contributed by atoms with Crippen LogP contribution in [0.1, 0.15) is 27.2 Å². The minimum Gasteiger partial charge on any atom is -0.390 e. The summed E-state index contributed by atoms with van der Waals surface area (Å²) >= 11 is 0. The average Bonchev–Trinajstić information content (AvgIpc) is 2.11. The van der Waals surface area contributed by atoms with Crippen LogP contribution in [0.5, 0.6) is 0 Å². The van der Waals surface area contributed by atoms with Crippen molar-refractivity contribution < 1.29 is 9.90 Å². The van der Waals surface area contributed by atoms with Crippen LogP contribution in [0.15, 0.2) is 0 Å². The van der Waals surface area contributed by atoms with Gasteiger partial charge in [-0.25, -0.2) is 0 Å². The molecule has 4 heteroatoms. The number of carbonyl (C=O) groups is 1. The molecule has 4 nitrogen and oxygen atoms in total. The van der Waals surface area contributed by atoms with Crippen LogP contribution in [0.4, 0.5) is 0 Å². The number of nitrogens with zero attached hydrogens (tertiary/aromatic N) is 1. The van der Waals surface area contributed by atoms with Crippen LogP contribution in [0.25, 0.3) is 0 Å². The van der Waals surface area contributed by atoms with Crippen LogP contribution in [0.2, 0.25) is 0 Å². The van der Waals surface area contributed by atoms with E-state index in [1.54, 1.807) is 0 Å². The lowest BCUT2D eigenvalue weighted by atomic mass is 10.1. The van der Waals surface area contributed by atoms with E-state index in [4.69, 9.17) is 5.11 Å². The molecule has 2 N–H and O–H groups in total. The van der Waals surface area contributed by atoms with Crippen molar-refractivity contribution in [2.45, 2.75) is 45.4 Å². The van der Waals surface area contributed by atoms with Crippen LogP contribution in [-0.4, -0.2) is 47.2 Å². The van der Waals surface area contributed by atoms with Crippen LogP contribution < -0.4 is 5.32 Å². The highest BCUT2D eigenvalue weighted by Gasteiger charge is 2.32. The maximum atomic E-state index is 11.6. The number of amides is 1. The fraction of sp³-hybridized carbons (Fsp3) is 0.900. The van der Waals surface area contributed by atoms with Gasteiger partial charge in [-0.2, -0.15) is 0 Å². The summed E-state index contributed by atoms with van der Waals surface area (Å²) in [6.07, 6.45) is 0.704. The number of nitrogens with one attached hydrogen (secondary N) is 1. The molecule has 1 saturated heterocycles. The van der Waals surface area contributed by atoms with Gasteiger partial charge in [-0.15, -0.1) is 0 Å². The Hall–Kier alpha value is -0.610. The zero-order valence-corrected chi connectivity index (χ0v) is 9.16. The van der Waals surface area contributed by atoms with Gasteiger partial charge in [-0.05, 0) is 20.3 Å². The molecule has 0 spiro atoms. The number of hydrogen-bond acceptors (Lipinski definition) is 3. The summed E-state index contributed by atoms with van der Waals surface area (Å²) in [5, 5.41) is 12.0. The van der Waals surface area contributed by atoms with Crippen molar-refractivity contribution in [1.82, 2.24) is 10.2 Å². The highest BCUT2D eigenvalue weighted by Crippen LogP contribution is 2.11. The van der Waals surface area contributed by atoms with Crippen LogP contribution >= 0.6 is 0 Å². The molecular weight excluding hydrogens is 180 g/mol. The van der Waals surface area contributed by atoms with Crippen molar-refractivity contribution in [1.29, 1.82) is 0 Å². The van der Waals surface area contributed by atoms with E-state index in [-0.39, 0.29) is 24.1 Å². The van der Waals surface area contributed by atoms with Crippen molar-refractivity contribution in [2.24, 2.45) is 0 Å². The predicted molar refractivity (Wildman–Crippen MR) is 54.9 cm³/mol. The first-order valence-corrected chi connectivity index (χ1v) is 5.27. The largest absolute Gasteiger partial charge is 0.390 e. The normalized spacial score (nSPS) is 22.6. The van der Waals surface area contributed by atoms with Crippen molar-refractivity contribution in [3.8, 4) is 0 Å². The van der Waals surface area contributed by atoms with Crippen LogP contribution in [0.3, 0.4) is 0 Å². The van der Waals surface area contributed by atoms with Gasteiger partial charge in [0.05, 0.1) is 12.1 Å². The van der Waals surface area contributed by atoms with E-state index in [0.717, 1.165) is 6.42 Å². The summed E-state index contributed by atoms with van der Waals surface area (Å²) in [6.45, 7) is 7.16. The summed E-state index contributed by atoms with van der Waals surface area (Å²) in [7, 11) is 0. The Morgan fingerprint density at radius 2 is 2.14 bits per heavy atom. The van der Waals surface area contributed by atoms with E-state index in [0.29, 0.717) is 13.1 Å². The Morgan fingerprint density at radius 3 is 2.57 bits per heavy atom. The molecule has 0 bridgehead atoms. The Morgan fingerprint density at radius 1 is 1.57 bits per heavy atom. The van der Waals surface area contributed by atoms with Crippen molar-refractivity contribution in [3.05, 3.63) is 0 Å². The van der Waals surface area contributed by atoms with E-state index in [9.17, 15) is 4.79 Å². The number of rotatable bonds is 4. The van der Waals surface area contributed by atoms with Crippen molar-refractivity contribution in [3.63, 3.8) is 0 Å². The Kier molecular flexibility index (Phi) is 3.89. The number of hydrogen-bond donors (Lipinski definition) is 2. The number of β-amino-alcohol motifs (C(OH)–C–C–N with tert-alkyl or cyclic N) is 1. The fourth-order valence-corrected chi connectivity index (χ4v) is 1.44. The molecule has 2 atom stereocenters. The van der Waals surface area contributed by atoms with E-state index in [1.807, 2.05) is 25.7 Å². The third-order valence-corrected chi connectivity index (χ3v) is 2.82. The predicted octanol–water partition coefficient (Wildman–Crippen LogP) is -0.0339. The van der Waals surface area contributed by atoms with Gasteiger partial charge < -0.3 is 10.4 Å². The summed E-state index contributed by atoms with van der Waals surface area (Å²) < 4.78 is 0. The van der Waals surface area contributed by atoms with Crippen LogP contribution in [0, 0.1) is 0 Å². The van der Waals surface area contributed by atoms with Gasteiger partial charge in [-0.1, -0.05) is 6.92 Å². The summed E-state index contributed by atoms with van der Waals surface area (Å²) in [4.78, 5) is 13.6. The average molecular weight is 200 g/mol. The van der Waals surface area contributed by atoms with Crippen molar-refractivity contribution in [2.75, 3.05) is 13.1 Å². The first-order chi connectivity index (χ1) is 6.54. The topological polar surface area (TPSA) is 52.6 Å². The van der Waals surface area contributed by atoms with Gasteiger partial charge in [0.25, 0.3) is 0 Å². The zero-order chi connectivity index (χ0) is 10.7. The Labute approximate surface area is 85.3 Å². The lowest BCUT2D eigenvalue weighted by Crippen LogP contribution is -2.59. The lowest BCUT2D eigenvalue weighted by molar-refractivity contribution is -0.130. The first kappa shape index (κ1) is 11.5. The van der Waals surface area contributed by atoms with Gasteiger partial charge in [0.2, 0.25) is 5.91 Å². The first-order valence-electron chi connectivity index (χ1n) is 5.27. The molecule has 1 fully saturated rings. The summed E-state index contributed by atoms with van der Waals surface area (Å²) in [5.74, 6) is 0.0613. The molecule has 0 aromatic heterocycles. The SMILES string of the molecule is CCC(C)NC(=O)C(C)N1CC(O)C1. The number of carbonyl (C=O) groups excluding carboxylic acids is 1. The smallest absolute Gasteiger partial charge is 0.237 e. The zero-order valence-electron chi connectivity index (χ0n) is 9.16.